The smallest absolute Gasteiger partial charge is 0.369 e. The number of anilines is 1. The van der Waals surface area contributed by atoms with Gasteiger partial charge in [0.1, 0.15) is 0 Å². The third kappa shape index (κ3) is 4.58. The summed E-state index contributed by atoms with van der Waals surface area (Å²) >= 11 is 0. The van der Waals surface area contributed by atoms with E-state index in [2.05, 4.69) is 21.4 Å². The molecule has 0 radical (unpaired) electrons. The van der Waals surface area contributed by atoms with Crippen molar-refractivity contribution in [1.29, 1.82) is 0 Å². The zero-order valence-electron chi connectivity index (χ0n) is 15.1. The van der Waals surface area contributed by atoms with Gasteiger partial charge >= 0.3 is 6.18 Å². The Hall–Kier alpha value is -3.13. The molecule has 1 aliphatic carbocycles. The summed E-state index contributed by atoms with van der Waals surface area (Å²) in [5.41, 5.74) is 12.6. The summed E-state index contributed by atoms with van der Waals surface area (Å²) in [4.78, 5) is 8.25. The van der Waals surface area contributed by atoms with Crippen molar-refractivity contribution in [3.63, 3.8) is 0 Å². The number of nitrogens with two attached hydrogens (primary N) is 2. The number of para-hydroxylation sites is 1. The summed E-state index contributed by atoms with van der Waals surface area (Å²) in [6.07, 6.45) is 3.08. The number of hydrogen-bond acceptors (Lipinski definition) is 3. The van der Waals surface area contributed by atoms with Crippen molar-refractivity contribution in [3.05, 3.63) is 72.0 Å². The Labute approximate surface area is 160 Å². The highest BCUT2D eigenvalue weighted by Crippen LogP contribution is 2.34. The summed E-state index contributed by atoms with van der Waals surface area (Å²) in [6.45, 7) is 2.03. The number of aromatic nitrogens is 1. The minimum Gasteiger partial charge on any atom is -0.369 e. The topological polar surface area (TPSA) is 89.3 Å². The van der Waals surface area contributed by atoms with Crippen molar-refractivity contribution < 1.29 is 13.2 Å². The Bertz CT molecular complexity index is 930. The molecule has 0 aliphatic heterocycles. The van der Waals surface area contributed by atoms with Crippen LogP contribution in [0.5, 0.6) is 0 Å². The number of nitrogens with zero attached hydrogens (tertiary/aromatic N) is 2. The van der Waals surface area contributed by atoms with E-state index in [-0.39, 0.29) is 29.4 Å². The molecule has 146 valence electrons. The minimum absolute atomic E-state index is 0.00830. The van der Waals surface area contributed by atoms with Gasteiger partial charge in [0, 0.05) is 12.2 Å². The van der Waals surface area contributed by atoms with Gasteiger partial charge in [-0.1, -0.05) is 37.3 Å². The number of halogens is 3. The van der Waals surface area contributed by atoms with Gasteiger partial charge in [0.05, 0.1) is 11.3 Å². The van der Waals surface area contributed by atoms with Crippen molar-refractivity contribution in [2.24, 2.45) is 22.4 Å². The standard InChI is InChI=1S/C20H20F3N5/c1-12-10-13(6-8-16(12)24)14-7-9-18(26-11-14)28-19(25)27-17-5-3-2-4-15(17)20(21,22)23/h2-12,16H,24H2,1H3,(H3,25,26,27,28). The van der Waals surface area contributed by atoms with E-state index >= 15 is 0 Å². The predicted octanol–water partition coefficient (Wildman–Crippen LogP) is 4.08. The second kappa shape index (κ2) is 7.85. The molecule has 0 bridgehead atoms. The van der Waals surface area contributed by atoms with Crippen LogP contribution in [0.3, 0.4) is 0 Å². The van der Waals surface area contributed by atoms with Gasteiger partial charge in [-0.2, -0.15) is 18.2 Å². The lowest BCUT2D eigenvalue weighted by Crippen LogP contribution is -2.26. The molecule has 3 rings (SSSR count). The van der Waals surface area contributed by atoms with Crippen molar-refractivity contribution in [2.45, 2.75) is 19.1 Å². The maximum Gasteiger partial charge on any atom is 0.418 e. The SMILES string of the molecule is CC1C=C(c2ccc(N=C(N)Nc3ccccc3C(F)(F)F)nc2)C=CC1N. The van der Waals surface area contributed by atoms with E-state index in [0.717, 1.165) is 17.2 Å². The quantitative estimate of drug-likeness (QED) is 0.547. The van der Waals surface area contributed by atoms with Crippen LogP contribution in [0.15, 0.2) is 65.8 Å². The highest BCUT2D eigenvalue weighted by Gasteiger charge is 2.33. The Morgan fingerprint density at radius 2 is 1.93 bits per heavy atom. The highest BCUT2D eigenvalue weighted by molar-refractivity contribution is 5.94. The van der Waals surface area contributed by atoms with Crippen LogP contribution in [0.25, 0.3) is 5.57 Å². The molecule has 1 aromatic heterocycles. The van der Waals surface area contributed by atoms with Gasteiger partial charge in [0.15, 0.2) is 11.8 Å². The fourth-order valence-electron chi connectivity index (χ4n) is 2.78. The Morgan fingerprint density at radius 1 is 1.18 bits per heavy atom. The number of aliphatic imine (C=N–C) groups is 1. The van der Waals surface area contributed by atoms with Crippen molar-refractivity contribution in [1.82, 2.24) is 4.98 Å². The van der Waals surface area contributed by atoms with Crippen LogP contribution in [0, 0.1) is 5.92 Å². The number of rotatable bonds is 3. The molecular weight excluding hydrogens is 367 g/mol. The van der Waals surface area contributed by atoms with Gasteiger partial charge in [-0.15, -0.1) is 0 Å². The zero-order chi connectivity index (χ0) is 20.3. The molecule has 1 aliphatic rings. The zero-order valence-corrected chi connectivity index (χ0v) is 15.1. The Morgan fingerprint density at radius 3 is 2.57 bits per heavy atom. The van der Waals surface area contributed by atoms with Crippen molar-refractivity contribution in [3.8, 4) is 0 Å². The van der Waals surface area contributed by atoms with E-state index in [1.807, 2.05) is 25.1 Å². The van der Waals surface area contributed by atoms with E-state index in [9.17, 15) is 13.2 Å². The number of pyridine rings is 1. The molecule has 0 fully saturated rings. The molecular formula is C20H20F3N5. The van der Waals surface area contributed by atoms with Gasteiger partial charge in [-0.25, -0.2) is 4.98 Å². The number of guanidine groups is 1. The van der Waals surface area contributed by atoms with Crippen LogP contribution in [-0.4, -0.2) is 17.0 Å². The molecule has 1 aromatic carbocycles. The first-order valence-electron chi connectivity index (χ1n) is 8.63. The molecule has 5 N–H and O–H groups in total. The normalized spacial score (nSPS) is 20.0. The van der Waals surface area contributed by atoms with Crippen LogP contribution in [0.1, 0.15) is 18.1 Å². The van der Waals surface area contributed by atoms with Crippen LogP contribution < -0.4 is 16.8 Å². The monoisotopic (exact) mass is 387 g/mol. The number of nitrogens with one attached hydrogen (secondary N) is 1. The molecule has 0 amide bonds. The van der Waals surface area contributed by atoms with E-state index in [0.29, 0.717) is 0 Å². The van der Waals surface area contributed by atoms with Gasteiger partial charge < -0.3 is 16.8 Å². The molecule has 28 heavy (non-hydrogen) atoms. The second-order valence-corrected chi connectivity index (χ2v) is 6.49. The fourth-order valence-corrected chi connectivity index (χ4v) is 2.78. The van der Waals surface area contributed by atoms with Crippen LogP contribution in [0.2, 0.25) is 0 Å². The molecule has 0 saturated carbocycles. The van der Waals surface area contributed by atoms with Gasteiger partial charge in [0.25, 0.3) is 0 Å². The first-order chi connectivity index (χ1) is 13.2. The van der Waals surface area contributed by atoms with E-state index in [1.165, 1.54) is 18.2 Å². The fraction of sp³-hybridized carbons (Fsp3) is 0.200. The minimum atomic E-state index is -4.50. The molecule has 8 heteroatoms. The maximum atomic E-state index is 13.0. The first kappa shape index (κ1) is 19.6. The largest absolute Gasteiger partial charge is 0.418 e. The lowest BCUT2D eigenvalue weighted by Gasteiger charge is -2.19. The molecule has 5 nitrogen and oxygen atoms in total. The summed E-state index contributed by atoms with van der Waals surface area (Å²) in [6, 6.07) is 8.51. The van der Waals surface area contributed by atoms with Crippen molar-refractivity contribution in [2.75, 3.05) is 5.32 Å². The Balaban J connectivity index is 1.76. The number of hydrogen-bond donors (Lipinski definition) is 3. The summed E-state index contributed by atoms with van der Waals surface area (Å²) in [5, 5.41) is 2.49. The first-order valence-corrected chi connectivity index (χ1v) is 8.63. The summed E-state index contributed by atoms with van der Waals surface area (Å²) in [7, 11) is 0. The average Bonchev–Trinajstić information content (AvgIpc) is 2.64. The van der Waals surface area contributed by atoms with Crippen molar-refractivity contribution >= 4 is 23.0 Å². The van der Waals surface area contributed by atoms with E-state index < -0.39 is 11.7 Å². The average molecular weight is 387 g/mol. The van der Waals surface area contributed by atoms with Crippen LogP contribution in [-0.2, 0) is 6.18 Å². The third-order valence-electron chi connectivity index (χ3n) is 4.36. The van der Waals surface area contributed by atoms with E-state index in [1.54, 1.807) is 12.3 Å². The molecule has 2 unspecified atom stereocenters. The highest BCUT2D eigenvalue weighted by atomic mass is 19.4. The number of benzene rings is 1. The van der Waals surface area contributed by atoms with Crippen LogP contribution >= 0.6 is 0 Å². The summed E-state index contributed by atoms with van der Waals surface area (Å²) in [5.74, 6) is 0.308. The second-order valence-electron chi connectivity index (χ2n) is 6.49. The van der Waals surface area contributed by atoms with E-state index in [4.69, 9.17) is 11.5 Å². The van der Waals surface area contributed by atoms with Gasteiger partial charge in [-0.3, -0.25) is 0 Å². The maximum absolute atomic E-state index is 13.0. The predicted molar refractivity (Wildman–Crippen MR) is 105 cm³/mol. The third-order valence-corrected chi connectivity index (χ3v) is 4.36. The lowest BCUT2D eigenvalue weighted by atomic mass is 9.91. The number of alkyl halides is 3. The molecule has 2 aromatic rings. The van der Waals surface area contributed by atoms with Gasteiger partial charge in [-0.05, 0) is 41.3 Å². The number of allylic oxidation sites excluding steroid dienone is 2. The molecule has 1 heterocycles. The Kier molecular flexibility index (Phi) is 5.51. The molecule has 0 saturated heterocycles. The lowest BCUT2D eigenvalue weighted by molar-refractivity contribution is -0.136. The van der Waals surface area contributed by atoms with Crippen LogP contribution in [0.4, 0.5) is 24.7 Å². The molecule has 2 atom stereocenters. The summed E-state index contributed by atoms with van der Waals surface area (Å²) < 4.78 is 39.1. The van der Waals surface area contributed by atoms with Gasteiger partial charge in [0.2, 0.25) is 0 Å². The molecule has 0 spiro atoms.